The predicted molar refractivity (Wildman–Crippen MR) is 107 cm³/mol. The molecule has 0 bridgehead atoms. The van der Waals surface area contributed by atoms with Crippen LogP contribution in [0.4, 0.5) is 11.6 Å². The number of benzene rings is 2. The first-order chi connectivity index (χ1) is 14.1. The molecular formula is C21H19N5O3. The second-order valence-electron chi connectivity index (χ2n) is 5.95. The maximum absolute atomic E-state index is 12.4. The molecule has 2 aromatic carbocycles. The van der Waals surface area contributed by atoms with E-state index in [1.807, 2.05) is 6.07 Å². The molecule has 3 rings (SSSR count). The zero-order valence-corrected chi connectivity index (χ0v) is 16.0. The molecule has 0 aliphatic heterocycles. The summed E-state index contributed by atoms with van der Waals surface area (Å²) in [5.74, 6) is 1.21. The minimum Gasteiger partial charge on any atom is -0.493 e. The van der Waals surface area contributed by atoms with Gasteiger partial charge in [-0.05, 0) is 29.8 Å². The number of methoxy groups -OCH3 is 2. The number of para-hydroxylation sites is 1. The van der Waals surface area contributed by atoms with Crippen molar-refractivity contribution in [2.75, 3.05) is 19.5 Å². The number of hydrogen-bond acceptors (Lipinski definition) is 7. The summed E-state index contributed by atoms with van der Waals surface area (Å²) in [5, 5.41) is 14.9. The molecule has 0 radical (unpaired) electrons. The number of nitrogens with zero attached hydrogens (tertiary/aromatic N) is 3. The number of carbonyl (C=O) groups is 1. The molecule has 2 N–H and O–H groups in total. The zero-order chi connectivity index (χ0) is 20.6. The number of nitrogens with one attached hydrogen (secondary N) is 2. The van der Waals surface area contributed by atoms with Gasteiger partial charge in [0.15, 0.2) is 11.5 Å². The standard InChI is InChI=1S/C21H19N5O3/c1-28-18-8-7-14(9-19(18)29-2)11-23-20(27)16-12-24-21(25-13-16)26-17-6-4-3-5-15(17)10-22/h3-9,12-13H,11H2,1-2H3,(H,23,27)(H,24,25,26). The SMILES string of the molecule is COc1ccc(CNC(=O)c2cnc(Nc3ccccc3C#N)nc2)cc1OC. The van der Waals surface area contributed by atoms with Crippen molar-refractivity contribution in [3.63, 3.8) is 0 Å². The van der Waals surface area contributed by atoms with Gasteiger partial charge in [0.1, 0.15) is 6.07 Å². The van der Waals surface area contributed by atoms with Gasteiger partial charge in [0, 0.05) is 18.9 Å². The Hall–Kier alpha value is -4.12. The van der Waals surface area contributed by atoms with Gasteiger partial charge in [-0.15, -0.1) is 0 Å². The molecule has 146 valence electrons. The minimum absolute atomic E-state index is 0.296. The van der Waals surface area contributed by atoms with Crippen LogP contribution in [-0.4, -0.2) is 30.1 Å². The van der Waals surface area contributed by atoms with E-state index in [0.29, 0.717) is 40.8 Å². The molecule has 1 aromatic heterocycles. The molecule has 0 saturated heterocycles. The van der Waals surface area contributed by atoms with Gasteiger partial charge >= 0.3 is 0 Å². The number of aromatic nitrogens is 2. The van der Waals surface area contributed by atoms with Crippen LogP contribution in [0.15, 0.2) is 54.9 Å². The molecule has 0 unspecified atom stereocenters. The molecule has 8 nitrogen and oxygen atoms in total. The van der Waals surface area contributed by atoms with Crippen molar-refractivity contribution in [3.05, 3.63) is 71.5 Å². The van der Waals surface area contributed by atoms with E-state index in [4.69, 9.17) is 14.7 Å². The van der Waals surface area contributed by atoms with E-state index in [2.05, 4.69) is 26.7 Å². The second-order valence-corrected chi connectivity index (χ2v) is 5.95. The first-order valence-corrected chi connectivity index (χ1v) is 8.72. The molecule has 8 heteroatoms. The Morgan fingerprint density at radius 1 is 1.07 bits per heavy atom. The number of rotatable bonds is 7. The normalized spacial score (nSPS) is 9.97. The van der Waals surface area contributed by atoms with Crippen LogP contribution in [0.5, 0.6) is 11.5 Å². The fraction of sp³-hybridized carbons (Fsp3) is 0.143. The molecule has 29 heavy (non-hydrogen) atoms. The van der Waals surface area contributed by atoms with E-state index < -0.39 is 0 Å². The lowest BCUT2D eigenvalue weighted by Gasteiger charge is -2.10. The number of carbonyl (C=O) groups excluding carboxylic acids is 1. The monoisotopic (exact) mass is 389 g/mol. The third-order valence-corrected chi connectivity index (χ3v) is 4.11. The highest BCUT2D eigenvalue weighted by Gasteiger charge is 2.10. The van der Waals surface area contributed by atoms with Crippen LogP contribution in [-0.2, 0) is 6.54 Å². The quantitative estimate of drug-likeness (QED) is 0.639. The largest absolute Gasteiger partial charge is 0.493 e. The van der Waals surface area contributed by atoms with Gasteiger partial charge in [0.05, 0.1) is 31.0 Å². The number of ether oxygens (including phenoxy) is 2. The third kappa shape index (κ3) is 4.78. The lowest BCUT2D eigenvalue weighted by molar-refractivity contribution is 0.0950. The first-order valence-electron chi connectivity index (χ1n) is 8.72. The van der Waals surface area contributed by atoms with Crippen LogP contribution in [0, 0.1) is 11.3 Å². The highest BCUT2D eigenvalue weighted by Crippen LogP contribution is 2.27. The maximum atomic E-state index is 12.4. The zero-order valence-electron chi connectivity index (χ0n) is 16.0. The van der Waals surface area contributed by atoms with Crippen LogP contribution in [0.3, 0.4) is 0 Å². The molecule has 0 spiro atoms. The summed E-state index contributed by atoms with van der Waals surface area (Å²) in [6.07, 6.45) is 2.85. The van der Waals surface area contributed by atoms with Crippen LogP contribution in [0.2, 0.25) is 0 Å². The summed E-state index contributed by atoms with van der Waals surface area (Å²) in [4.78, 5) is 20.6. The Balaban J connectivity index is 1.63. The molecule has 0 atom stereocenters. The van der Waals surface area contributed by atoms with Crippen molar-refractivity contribution in [3.8, 4) is 17.6 Å². The Bertz CT molecular complexity index is 1040. The van der Waals surface area contributed by atoms with Crippen LogP contribution >= 0.6 is 0 Å². The Labute approximate surface area is 168 Å². The summed E-state index contributed by atoms with van der Waals surface area (Å²) in [6.45, 7) is 0.314. The summed E-state index contributed by atoms with van der Waals surface area (Å²) >= 11 is 0. The molecule has 0 saturated carbocycles. The van der Waals surface area contributed by atoms with Crippen molar-refractivity contribution in [2.45, 2.75) is 6.54 Å². The van der Waals surface area contributed by atoms with E-state index in [9.17, 15) is 4.79 Å². The topological polar surface area (TPSA) is 109 Å². The fourth-order valence-electron chi connectivity index (χ4n) is 2.59. The van der Waals surface area contributed by atoms with Gasteiger partial charge in [-0.25, -0.2) is 9.97 Å². The average Bonchev–Trinajstić information content (AvgIpc) is 2.78. The lowest BCUT2D eigenvalue weighted by atomic mass is 10.2. The molecule has 0 aliphatic carbocycles. The Morgan fingerprint density at radius 2 is 1.79 bits per heavy atom. The smallest absolute Gasteiger partial charge is 0.254 e. The highest BCUT2D eigenvalue weighted by molar-refractivity contribution is 5.93. The van der Waals surface area contributed by atoms with Crippen molar-refractivity contribution in [2.24, 2.45) is 0 Å². The summed E-state index contributed by atoms with van der Waals surface area (Å²) in [5.41, 5.74) is 2.27. The molecule has 3 aromatic rings. The molecule has 1 heterocycles. The fourth-order valence-corrected chi connectivity index (χ4v) is 2.59. The number of amides is 1. The van der Waals surface area contributed by atoms with E-state index in [1.165, 1.54) is 12.4 Å². The molecule has 1 amide bonds. The molecule has 0 fully saturated rings. The van der Waals surface area contributed by atoms with Crippen LogP contribution in [0.1, 0.15) is 21.5 Å². The van der Waals surface area contributed by atoms with Gasteiger partial charge in [-0.2, -0.15) is 5.26 Å². The average molecular weight is 389 g/mol. The Kier molecular flexibility index (Phi) is 6.22. The van der Waals surface area contributed by atoms with Gasteiger partial charge in [0.25, 0.3) is 5.91 Å². The number of nitriles is 1. The van der Waals surface area contributed by atoms with Gasteiger partial charge < -0.3 is 20.1 Å². The third-order valence-electron chi connectivity index (χ3n) is 4.11. The number of hydrogen-bond donors (Lipinski definition) is 2. The van der Waals surface area contributed by atoms with Gasteiger partial charge in [-0.3, -0.25) is 4.79 Å². The van der Waals surface area contributed by atoms with Crippen LogP contribution < -0.4 is 20.1 Å². The lowest BCUT2D eigenvalue weighted by Crippen LogP contribution is -2.23. The molecular weight excluding hydrogens is 370 g/mol. The summed E-state index contributed by atoms with van der Waals surface area (Å²) in [6, 6.07) is 14.5. The van der Waals surface area contributed by atoms with E-state index in [0.717, 1.165) is 5.56 Å². The van der Waals surface area contributed by atoms with E-state index in [1.54, 1.807) is 50.6 Å². The first kappa shape index (κ1) is 19.6. The van der Waals surface area contributed by atoms with Crippen LogP contribution in [0.25, 0.3) is 0 Å². The number of anilines is 2. The summed E-state index contributed by atoms with van der Waals surface area (Å²) in [7, 11) is 3.12. The molecule has 0 aliphatic rings. The van der Waals surface area contributed by atoms with Crippen molar-refractivity contribution < 1.29 is 14.3 Å². The van der Waals surface area contributed by atoms with Gasteiger partial charge in [0.2, 0.25) is 5.95 Å². The van der Waals surface area contributed by atoms with Crippen molar-refractivity contribution in [1.82, 2.24) is 15.3 Å². The predicted octanol–water partition coefficient (Wildman–Crippen LogP) is 3.04. The van der Waals surface area contributed by atoms with Gasteiger partial charge in [-0.1, -0.05) is 18.2 Å². The summed E-state index contributed by atoms with van der Waals surface area (Å²) < 4.78 is 10.5. The Morgan fingerprint density at radius 3 is 2.48 bits per heavy atom. The van der Waals surface area contributed by atoms with Crippen molar-refractivity contribution in [1.29, 1.82) is 5.26 Å². The van der Waals surface area contributed by atoms with E-state index in [-0.39, 0.29) is 5.91 Å². The van der Waals surface area contributed by atoms with E-state index >= 15 is 0 Å². The minimum atomic E-state index is -0.302. The maximum Gasteiger partial charge on any atom is 0.254 e. The highest BCUT2D eigenvalue weighted by atomic mass is 16.5. The van der Waals surface area contributed by atoms with Crippen molar-refractivity contribution >= 4 is 17.5 Å². The second kappa shape index (κ2) is 9.19.